The molecule has 0 unspecified atom stereocenters. The molecule has 3 heteroatoms. The standard InChI is InChI=1S/C52H42N2S/c1-2-12-47-40(10-1)11-9-33-53(47)42-28-30-44-43-29-21-37(34-45(43)52(46(44)35-42)31-7-8-32-52)18-17-36-19-22-38(23-20-36)39-24-26-41(27-25-39)54-48-13-3-5-15-50(48)55-51-16-6-4-14-49(51)54/h1-6,10,12-30,34-35H,7-9,11,31-33H2/b18-17+. The zero-order valence-corrected chi connectivity index (χ0v) is 31.7. The molecule has 0 saturated heterocycles. The molecule has 0 radical (unpaired) electrons. The highest BCUT2D eigenvalue weighted by Crippen LogP contribution is 2.58. The third-order valence-corrected chi connectivity index (χ3v) is 13.6. The van der Waals surface area contributed by atoms with Crippen LogP contribution >= 0.6 is 11.8 Å². The van der Waals surface area contributed by atoms with Crippen molar-refractivity contribution in [2.75, 3.05) is 16.3 Å². The van der Waals surface area contributed by atoms with Gasteiger partial charge in [-0.15, -0.1) is 0 Å². The minimum Gasteiger partial charge on any atom is -0.341 e. The van der Waals surface area contributed by atoms with Crippen molar-refractivity contribution in [2.24, 2.45) is 0 Å². The molecule has 1 fully saturated rings. The maximum Gasteiger partial charge on any atom is 0.0601 e. The molecule has 1 spiro atoms. The van der Waals surface area contributed by atoms with E-state index in [1.165, 1.54) is 121 Å². The zero-order valence-electron chi connectivity index (χ0n) is 30.9. The van der Waals surface area contributed by atoms with Crippen molar-refractivity contribution in [3.63, 3.8) is 0 Å². The first-order valence-electron chi connectivity index (χ1n) is 19.9. The van der Waals surface area contributed by atoms with E-state index in [0.29, 0.717) is 0 Å². The summed E-state index contributed by atoms with van der Waals surface area (Å²) < 4.78 is 0. The number of para-hydroxylation sites is 3. The summed E-state index contributed by atoms with van der Waals surface area (Å²) in [6, 6.07) is 58.9. The minimum absolute atomic E-state index is 0.122. The molecular formula is C52H42N2S. The van der Waals surface area contributed by atoms with Crippen molar-refractivity contribution in [1.29, 1.82) is 0 Å². The van der Waals surface area contributed by atoms with Gasteiger partial charge in [-0.05, 0) is 130 Å². The fourth-order valence-electron chi connectivity index (χ4n) is 9.86. The van der Waals surface area contributed by atoms with Gasteiger partial charge in [-0.2, -0.15) is 0 Å². The summed E-state index contributed by atoms with van der Waals surface area (Å²) in [7, 11) is 0. The van der Waals surface area contributed by atoms with Crippen LogP contribution in [0.15, 0.2) is 168 Å². The Morgan fingerprint density at radius 1 is 0.491 bits per heavy atom. The number of hydrogen-bond donors (Lipinski definition) is 0. The highest BCUT2D eigenvalue weighted by molar-refractivity contribution is 7.99. The van der Waals surface area contributed by atoms with Crippen molar-refractivity contribution in [1.82, 2.24) is 0 Å². The van der Waals surface area contributed by atoms with Crippen LogP contribution in [0.1, 0.15) is 59.9 Å². The quantitative estimate of drug-likeness (QED) is 0.163. The molecule has 2 aliphatic carbocycles. The summed E-state index contributed by atoms with van der Waals surface area (Å²) in [6.45, 7) is 1.08. The van der Waals surface area contributed by atoms with Crippen molar-refractivity contribution >= 4 is 52.4 Å². The predicted octanol–water partition coefficient (Wildman–Crippen LogP) is 14.4. The van der Waals surface area contributed by atoms with Crippen LogP contribution in [0, 0.1) is 0 Å². The predicted molar refractivity (Wildman–Crippen MR) is 233 cm³/mol. The molecule has 0 N–H and O–H groups in total. The van der Waals surface area contributed by atoms with Crippen LogP contribution in [0.25, 0.3) is 34.4 Å². The summed E-state index contributed by atoms with van der Waals surface area (Å²) in [5.74, 6) is 0. The van der Waals surface area contributed by atoms with Gasteiger partial charge in [0.15, 0.2) is 0 Å². The summed E-state index contributed by atoms with van der Waals surface area (Å²) in [4.78, 5) is 7.51. The van der Waals surface area contributed by atoms with Gasteiger partial charge in [-0.1, -0.05) is 140 Å². The van der Waals surface area contributed by atoms with E-state index in [9.17, 15) is 0 Å². The fourth-order valence-corrected chi connectivity index (χ4v) is 10.9. The van der Waals surface area contributed by atoms with Gasteiger partial charge in [0.25, 0.3) is 0 Å². The second-order valence-electron chi connectivity index (χ2n) is 15.6. The highest BCUT2D eigenvalue weighted by Gasteiger charge is 2.45. The van der Waals surface area contributed by atoms with Gasteiger partial charge in [0.05, 0.1) is 11.4 Å². The molecule has 55 heavy (non-hydrogen) atoms. The molecule has 7 aromatic carbocycles. The van der Waals surface area contributed by atoms with E-state index in [1.807, 2.05) is 11.8 Å². The Balaban J connectivity index is 0.843. The Bertz CT molecular complexity index is 2570. The molecule has 0 bridgehead atoms. The van der Waals surface area contributed by atoms with Crippen LogP contribution in [0.4, 0.5) is 28.4 Å². The second-order valence-corrected chi connectivity index (χ2v) is 16.7. The van der Waals surface area contributed by atoms with Gasteiger partial charge in [-0.3, -0.25) is 0 Å². The Hall–Kier alpha value is -5.77. The SMILES string of the molecule is C(=C\c1ccc2c(c1)C1(CCCC1)c1cc(N3CCCc4ccccc43)ccc1-2)/c1ccc(-c2ccc(N3c4ccccc4Sc4ccccc43)cc2)cc1. The van der Waals surface area contributed by atoms with Gasteiger partial charge < -0.3 is 9.80 Å². The third kappa shape index (κ3) is 5.47. The monoisotopic (exact) mass is 726 g/mol. The van der Waals surface area contributed by atoms with E-state index in [2.05, 4.69) is 180 Å². The molecule has 4 aliphatic rings. The van der Waals surface area contributed by atoms with Crippen molar-refractivity contribution in [3.05, 3.63) is 186 Å². The highest BCUT2D eigenvalue weighted by atomic mass is 32.2. The number of hydrogen-bond acceptors (Lipinski definition) is 3. The smallest absolute Gasteiger partial charge is 0.0601 e. The number of nitrogens with zero attached hydrogens (tertiary/aromatic N) is 2. The number of anilines is 5. The third-order valence-electron chi connectivity index (χ3n) is 12.5. The topological polar surface area (TPSA) is 6.48 Å². The van der Waals surface area contributed by atoms with Gasteiger partial charge in [0.2, 0.25) is 0 Å². The number of rotatable bonds is 5. The molecule has 2 aliphatic heterocycles. The van der Waals surface area contributed by atoms with Gasteiger partial charge >= 0.3 is 0 Å². The van der Waals surface area contributed by atoms with Crippen LogP contribution in [-0.2, 0) is 11.8 Å². The van der Waals surface area contributed by atoms with Crippen LogP contribution < -0.4 is 9.80 Å². The molecule has 0 atom stereocenters. The molecule has 2 nitrogen and oxygen atoms in total. The average Bonchev–Trinajstić information content (AvgIpc) is 3.85. The molecular weight excluding hydrogens is 685 g/mol. The summed E-state index contributed by atoms with van der Waals surface area (Å²) in [5, 5.41) is 0. The molecule has 11 rings (SSSR count). The maximum atomic E-state index is 2.56. The Labute approximate surface area is 328 Å². The second kappa shape index (κ2) is 13.2. The summed E-state index contributed by atoms with van der Waals surface area (Å²) in [5.41, 5.74) is 18.9. The van der Waals surface area contributed by atoms with E-state index in [-0.39, 0.29) is 5.41 Å². The lowest BCUT2D eigenvalue weighted by Gasteiger charge is -2.33. The first kappa shape index (κ1) is 32.6. The van der Waals surface area contributed by atoms with E-state index >= 15 is 0 Å². The minimum atomic E-state index is 0.122. The molecule has 2 heterocycles. The van der Waals surface area contributed by atoms with Gasteiger partial charge in [-0.25, -0.2) is 0 Å². The molecule has 7 aromatic rings. The first-order valence-corrected chi connectivity index (χ1v) is 20.7. The van der Waals surface area contributed by atoms with E-state index < -0.39 is 0 Å². The zero-order chi connectivity index (χ0) is 36.3. The largest absolute Gasteiger partial charge is 0.341 e. The van der Waals surface area contributed by atoms with Crippen molar-refractivity contribution < 1.29 is 0 Å². The molecule has 0 amide bonds. The van der Waals surface area contributed by atoms with Crippen LogP contribution in [0.5, 0.6) is 0 Å². The summed E-state index contributed by atoms with van der Waals surface area (Å²) in [6.07, 6.45) is 12.0. The van der Waals surface area contributed by atoms with Gasteiger partial charge in [0.1, 0.15) is 0 Å². The van der Waals surface area contributed by atoms with Crippen molar-refractivity contribution in [2.45, 2.75) is 53.7 Å². The lowest BCUT2D eigenvalue weighted by molar-refractivity contribution is 0.549. The fraction of sp³-hybridized carbons (Fsp3) is 0.154. The summed E-state index contributed by atoms with van der Waals surface area (Å²) >= 11 is 1.85. The lowest BCUT2D eigenvalue weighted by atomic mass is 9.76. The average molecular weight is 727 g/mol. The molecule has 0 aromatic heterocycles. The Morgan fingerprint density at radius 3 is 1.78 bits per heavy atom. The Morgan fingerprint density at radius 2 is 1.05 bits per heavy atom. The number of fused-ring (bicyclic) bond motifs is 8. The van der Waals surface area contributed by atoms with Crippen molar-refractivity contribution in [3.8, 4) is 22.3 Å². The number of benzene rings is 7. The van der Waals surface area contributed by atoms with Crippen LogP contribution in [-0.4, -0.2) is 6.54 Å². The maximum absolute atomic E-state index is 2.56. The van der Waals surface area contributed by atoms with E-state index in [0.717, 1.165) is 6.54 Å². The van der Waals surface area contributed by atoms with Crippen LogP contribution in [0.2, 0.25) is 0 Å². The molecule has 266 valence electrons. The van der Waals surface area contributed by atoms with E-state index in [4.69, 9.17) is 0 Å². The first-order chi connectivity index (χ1) is 27.2. The van der Waals surface area contributed by atoms with Crippen LogP contribution in [0.3, 0.4) is 0 Å². The normalized spacial score (nSPS) is 16.1. The molecule has 1 saturated carbocycles. The van der Waals surface area contributed by atoms with Gasteiger partial charge in [0, 0.05) is 38.8 Å². The Kier molecular flexibility index (Phi) is 7.84. The number of aryl methyl sites for hydroxylation is 1. The lowest BCUT2D eigenvalue weighted by Crippen LogP contribution is -2.25. The van der Waals surface area contributed by atoms with E-state index in [1.54, 1.807) is 5.56 Å².